The van der Waals surface area contributed by atoms with Gasteiger partial charge in [-0.05, 0) is 73.8 Å². The van der Waals surface area contributed by atoms with Crippen LogP contribution in [0.5, 0.6) is 5.75 Å². The minimum absolute atomic E-state index is 0.00368. The summed E-state index contributed by atoms with van der Waals surface area (Å²) in [6.07, 6.45) is 0.364. The number of aliphatic hydroxyl groups excluding tert-OH is 1. The quantitative estimate of drug-likeness (QED) is 0.0180. The van der Waals surface area contributed by atoms with Gasteiger partial charge in [0.1, 0.15) is 54.1 Å². The number of nitrogens with one attached hydrogen (secondary N) is 7. The first-order chi connectivity index (χ1) is 36.5. The Balaban J connectivity index is 1.90. The Hall–Kier alpha value is -8.05. The molecule has 3 rings (SSSR count). The fraction of sp³-hybridized carbons (Fsp3) is 0.500. The van der Waals surface area contributed by atoms with Gasteiger partial charge in [0.25, 0.3) is 0 Å². The van der Waals surface area contributed by atoms with Gasteiger partial charge in [0.15, 0.2) is 5.96 Å². The number of carbonyl (C=O) groups is 11. The first-order valence-electron chi connectivity index (χ1n) is 24.5. The van der Waals surface area contributed by atoms with Crippen molar-refractivity contribution >= 4 is 82.7 Å². The number of amides is 11. The van der Waals surface area contributed by atoms with E-state index < -0.39 is 146 Å². The van der Waals surface area contributed by atoms with E-state index in [9.17, 15) is 63.0 Å². The predicted octanol–water partition coefficient (Wildman–Crippen LogP) is -6.05. The number of likely N-dealkylation sites (tertiary alicyclic amines) is 1. The molecule has 2 aromatic carbocycles. The van der Waals surface area contributed by atoms with Gasteiger partial charge in [-0.2, -0.15) is 11.8 Å². The van der Waals surface area contributed by atoms with Crippen molar-refractivity contribution in [3.05, 3.63) is 65.7 Å². The van der Waals surface area contributed by atoms with E-state index in [4.69, 9.17) is 34.4 Å². The molecule has 1 aliphatic rings. The molecule has 1 aliphatic heterocycles. The second kappa shape index (κ2) is 32.4. The van der Waals surface area contributed by atoms with Crippen LogP contribution in [-0.4, -0.2) is 173 Å². The lowest BCUT2D eigenvalue weighted by atomic mass is 10.0. The number of nitrogens with two attached hydrogens (primary N) is 6. The van der Waals surface area contributed by atoms with Crippen molar-refractivity contribution < 1.29 is 63.0 Å². The number of aliphatic hydroxyl groups is 1. The number of nitrogens with zero attached hydrogens (tertiary/aromatic N) is 2. The average molecular weight is 1100 g/mol. The first-order valence-corrected chi connectivity index (χ1v) is 25.9. The van der Waals surface area contributed by atoms with Crippen molar-refractivity contribution in [2.45, 2.75) is 113 Å². The van der Waals surface area contributed by atoms with Crippen LogP contribution in [0.25, 0.3) is 0 Å². The lowest BCUT2D eigenvalue weighted by Crippen LogP contribution is -2.61. The van der Waals surface area contributed by atoms with Crippen LogP contribution in [0.1, 0.15) is 62.5 Å². The molecule has 29 heteroatoms. The Labute approximate surface area is 448 Å². The number of primary amides is 3. The van der Waals surface area contributed by atoms with Gasteiger partial charge >= 0.3 is 0 Å². The number of hydrogen-bond acceptors (Lipinski definition) is 16. The second-order valence-electron chi connectivity index (χ2n) is 18.0. The summed E-state index contributed by atoms with van der Waals surface area (Å²) >= 11 is 1.32. The largest absolute Gasteiger partial charge is 0.508 e. The maximum atomic E-state index is 14.3. The van der Waals surface area contributed by atoms with Gasteiger partial charge in [-0.25, -0.2) is 0 Å². The third-order valence-corrected chi connectivity index (χ3v) is 12.5. The highest BCUT2D eigenvalue weighted by molar-refractivity contribution is 7.98. The molecule has 2 aromatic rings. The van der Waals surface area contributed by atoms with Gasteiger partial charge in [-0.15, -0.1) is 0 Å². The Bertz CT molecular complexity index is 2410. The van der Waals surface area contributed by atoms with Gasteiger partial charge in [-0.1, -0.05) is 42.5 Å². The summed E-state index contributed by atoms with van der Waals surface area (Å²) in [4.78, 5) is 152. The topological polar surface area (TPSA) is 484 Å². The molecule has 1 heterocycles. The van der Waals surface area contributed by atoms with Gasteiger partial charge in [0, 0.05) is 32.4 Å². The number of phenols is 1. The summed E-state index contributed by atoms with van der Waals surface area (Å²) < 4.78 is 0. The van der Waals surface area contributed by atoms with Crippen LogP contribution < -0.4 is 71.6 Å². The van der Waals surface area contributed by atoms with Crippen LogP contribution in [0.15, 0.2) is 59.6 Å². The molecule has 0 saturated carbocycles. The number of phenolic OH excluding ortho intramolecular Hbond substituents is 1. The Morgan fingerprint density at radius 1 is 0.649 bits per heavy atom. The molecule has 21 N–H and O–H groups in total. The highest BCUT2D eigenvalue weighted by Crippen LogP contribution is 2.21. The molecule has 1 fully saturated rings. The van der Waals surface area contributed by atoms with Gasteiger partial charge in [0.2, 0.25) is 65.0 Å². The third-order valence-electron chi connectivity index (χ3n) is 11.9. The number of aromatic hydroxyl groups is 1. The van der Waals surface area contributed by atoms with Crippen LogP contribution in [0.4, 0.5) is 0 Å². The summed E-state index contributed by atoms with van der Waals surface area (Å²) in [5, 5.41) is 36.8. The van der Waals surface area contributed by atoms with Crippen LogP contribution >= 0.6 is 11.8 Å². The average Bonchev–Trinajstić information content (AvgIpc) is 3.89. The molecule has 0 radical (unpaired) electrons. The van der Waals surface area contributed by atoms with E-state index in [2.05, 4.69) is 42.2 Å². The lowest BCUT2D eigenvalue weighted by molar-refractivity contribution is -0.142. The molecular formula is C48H71N15O13S. The molecule has 0 aromatic heterocycles. The standard InChI is InChI=1S/C48H71N15O13S/c1-77-20-17-32(47(76)63-19-6-10-36(63)46(75)58-30(9-5-18-55-48(53)54)41(70)56-24-39(52)68)59-45(74)35(23-38(51)67)62-42(71)31(15-16-37(50)66)57-43(72)34(21-26-7-3-2-4-8-26)61-44(73)33(60-40(69)29(49)25-64)22-27-11-13-28(65)14-12-27/h2-4,7-8,11-14,29-36,64-65H,5-6,9-10,15-25,49H2,1H3,(H2,50,66)(H2,51,67)(H2,52,68)(H,56,70)(H,57,72)(H,58,75)(H,59,74)(H,60,69)(H,61,73)(H,62,71)(H4,53,54,55)/t29-,30-,31-,32-,33-,34-,35-,36-/m0/s1. The van der Waals surface area contributed by atoms with Crippen molar-refractivity contribution in [1.29, 1.82) is 0 Å². The number of hydrogen-bond donors (Lipinski definition) is 15. The van der Waals surface area contributed by atoms with E-state index in [0.29, 0.717) is 23.3 Å². The van der Waals surface area contributed by atoms with Crippen molar-refractivity contribution in [3.8, 4) is 5.75 Å². The molecule has 0 spiro atoms. The van der Waals surface area contributed by atoms with E-state index >= 15 is 0 Å². The smallest absolute Gasteiger partial charge is 0.245 e. The maximum absolute atomic E-state index is 14.3. The molecule has 1 saturated heterocycles. The van der Waals surface area contributed by atoms with Crippen molar-refractivity contribution in [1.82, 2.24) is 42.1 Å². The van der Waals surface area contributed by atoms with Gasteiger partial charge in [0.05, 0.1) is 19.6 Å². The van der Waals surface area contributed by atoms with E-state index in [0.717, 1.165) is 0 Å². The fourth-order valence-electron chi connectivity index (χ4n) is 7.89. The molecule has 28 nitrogen and oxygen atoms in total. The maximum Gasteiger partial charge on any atom is 0.245 e. The summed E-state index contributed by atoms with van der Waals surface area (Å²) in [5.74, 6) is -9.90. The minimum atomic E-state index is -1.79. The number of thioether (sulfide) groups is 1. The Kier molecular flexibility index (Phi) is 26.6. The predicted molar refractivity (Wildman–Crippen MR) is 281 cm³/mol. The minimum Gasteiger partial charge on any atom is -0.508 e. The van der Waals surface area contributed by atoms with Crippen LogP contribution in [0, 0.1) is 0 Å². The van der Waals surface area contributed by atoms with E-state index in [1.807, 2.05) is 0 Å². The molecule has 422 valence electrons. The SMILES string of the molecule is CSCC[C@H](NC(=O)[C@H](CC(N)=O)NC(=O)[C@H](CCC(N)=O)NC(=O)[C@H](Cc1ccccc1)NC(=O)[C@H](Cc1ccc(O)cc1)NC(=O)[C@@H](N)CO)C(=O)N1CCC[C@H]1C(=O)N[C@@H](CCCN=C(N)N)C(=O)NCC(N)=O. The van der Waals surface area contributed by atoms with Crippen molar-refractivity contribution in [2.75, 3.05) is 38.2 Å². The normalized spacial score (nSPS) is 15.6. The number of aliphatic imine (C=N–C) groups is 1. The molecule has 77 heavy (non-hydrogen) atoms. The third kappa shape index (κ3) is 22.4. The number of guanidine groups is 1. The summed E-state index contributed by atoms with van der Waals surface area (Å²) in [6.45, 7) is -1.11. The summed E-state index contributed by atoms with van der Waals surface area (Å²) in [7, 11) is 0. The first kappa shape index (κ1) is 63.2. The van der Waals surface area contributed by atoms with Crippen LogP contribution in [0.3, 0.4) is 0 Å². The number of rotatable bonds is 33. The van der Waals surface area contributed by atoms with Crippen LogP contribution in [-0.2, 0) is 65.6 Å². The second-order valence-corrected chi connectivity index (χ2v) is 19.0. The molecular weight excluding hydrogens is 1030 g/mol. The highest BCUT2D eigenvalue weighted by Gasteiger charge is 2.40. The number of benzene rings is 2. The zero-order valence-corrected chi connectivity index (χ0v) is 43.4. The molecule has 8 atom stereocenters. The molecule has 11 amide bonds. The lowest BCUT2D eigenvalue weighted by Gasteiger charge is -2.31. The van der Waals surface area contributed by atoms with E-state index in [-0.39, 0.29) is 63.3 Å². The van der Waals surface area contributed by atoms with Crippen molar-refractivity contribution in [3.63, 3.8) is 0 Å². The number of carbonyl (C=O) groups excluding carboxylic acids is 11. The Morgan fingerprint density at radius 2 is 1.19 bits per heavy atom. The van der Waals surface area contributed by atoms with E-state index in [1.54, 1.807) is 36.6 Å². The molecule has 0 aliphatic carbocycles. The van der Waals surface area contributed by atoms with Crippen LogP contribution in [0.2, 0.25) is 0 Å². The zero-order valence-electron chi connectivity index (χ0n) is 42.6. The molecule has 0 bridgehead atoms. The monoisotopic (exact) mass is 1100 g/mol. The highest BCUT2D eigenvalue weighted by atomic mass is 32.2. The molecule has 0 unspecified atom stereocenters. The Morgan fingerprint density at radius 3 is 1.77 bits per heavy atom. The summed E-state index contributed by atoms with van der Waals surface area (Å²) in [5.41, 5.74) is 33.7. The zero-order chi connectivity index (χ0) is 57.2. The van der Waals surface area contributed by atoms with Gasteiger partial charge < -0.3 is 86.7 Å². The fourth-order valence-corrected chi connectivity index (χ4v) is 8.36. The van der Waals surface area contributed by atoms with Gasteiger partial charge in [-0.3, -0.25) is 57.7 Å². The van der Waals surface area contributed by atoms with E-state index in [1.165, 1.54) is 40.9 Å². The van der Waals surface area contributed by atoms with Crippen molar-refractivity contribution in [2.24, 2.45) is 39.4 Å². The summed E-state index contributed by atoms with van der Waals surface area (Å²) in [6, 6.07) is 2.56.